The Bertz CT molecular complexity index is 451. The molecule has 0 unspecified atom stereocenters. The maximum atomic E-state index is 12.8. The largest absolute Gasteiger partial charge is 0.335 e. The molecular weight excluding hydrogens is 233 g/mol. The van der Waals surface area contributed by atoms with E-state index in [1.807, 2.05) is 0 Å². The summed E-state index contributed by atoms with van der Waals surface area (Å²) in [6, 6.07) is 6.37. The molecule has 0 N–H and O–H groups in total. The number of halogens is 1. The fourth-order valence-electron chi connectivity index (χ4n) is 1.91. The molecule has 0 saturated heterocycles. The Morgan fingerprint density at radius 2 is 1.89 bits per heavy atom. The van der Waals surface area contributed by atoms with Gasteiger partial charge >= 0.3 is 0 Å². The van der Waals surface area contributed by atoms with Gasteiger partial charge in [-0.25, -0.2) is 4.39 Å². The number of nitrogens with zero attached hydrogens (tertiary/aromatic N) is 1. The summed E-state index contributed by atoms with van der Waals surface area (Å²) in [7, 11) is 0. The molecule has 0 spiro atoms. The second-order valence-electron chi connectivity index (χ2n) is 4.76. The third-order valence-corrected chi connectivity index (χ3v) is 2.97. The lowest BCUT2D eigenvalue weighted by Crippen LogP contribution is -2.33. The first kappa shape index (κ1) is 12.7. The Balaban J connectivity index is 2.04. The van der Waals surface area contributed by atoms with E-state index in [0.29, 0.717) is 6.54 Å². The second-order valence-corrected chi connectivity index (χ2v) is 4.76. The molecule has 0 aromatic heterocycles. The summed E-state index contributed by atoms with van der Waals surface area (Å²) >= 11 is 0. The van der Waals surface area contributed by atoms with Crippen LogP contribution in [0.5, 0.6) is 0 Å². The van der Waals surface area contributed by atoms with E-state index in [0.717, 1.165) is 18.4 Å². The third-order valence-electron chi connectivity index (χ3n) is 2.97. The molecule has 1 aliphatic carbocycles. The minimum absolute atomic E-state index is 0.0440. The fraction of sp³-hybridized carbons (Fsp3) is 0.429. The maximum absolute atomic E-state index is 12.8. The molecule has 1 aliphatic rings. The highest BCUT2D eigenvalue weighted by Gasteiger charge is 2.32. The monoisotopic (exact) mass is 249 g/mol. The number of amides is 1. The maximum Gasteiger partial charge on any atom is 0.230 e. The molecule has 0 atom stereocenters. The van der Waals surface area contributed by atoms with Crippen LogP contribution in [0.1, 0.15) is 31.7 Å². The van der Waals surface area contributed by atoms with Gasteiger partial charge in [-0.3, -0.25) is 9.59 Å². The van der Waals surface area contributed by atoms with Gasteiger partial charge in [0.05, 0.1) is 6.42 Å². The average Bonchev–Trinajstić information content (AvgIpc) is 3.11. The first-order valence-electron chi connectivity index (χ1n) is 6.09. The third kappa shape index (κ3) is 3.39. The van der Waals surface area contributed by atoms with E-state index in [4.69, 9.17) is 0 Å². The molecule has 1 fully saturated rings. The van der Waals surface area contributed by atoms with Gasteiger partial charge < -0.3 is 4.90 Å². The first-order valence-corrected chi connectivity index (χ1v) is 6.09. The fourth-order valence-corrected chi connectivity index (χ4v) is 1.91. The van der Waals surface area contributed by atoms with Crippen molar-refractivity contribution in [2.24, 2.45) is 0 Å². The van der Waals surface area contributed by atoms with Crippen LogP contribution in [0.4, 0.5) is 4.39 Å². The van der Waals surface area contributed by atoms with Gasteiger partial charge in [0.1, 0.15) is 11.6 Å². The van der Waals surface area contributed by atoms with Gasteiger partial charge in [-0.05, 0) is 37.5 Å². The molecule has 0 bridgehead atoms. The van der Waals surface area contributed by atoms with Crippen LogP contribution in [-0.4, -0.2) is 22.6 Å². The lowest BCUT2D eigenvalue weighted by atomic mass is 10.2. The van der Waals surface area contributed by atoms with Gasteiger partial charge in [0.2, 0.25) is 5.91 Å². The molecular formula is C14H16FNO2. The predicted octanol–water partition coefficient (Wildman–Crippen LogP) is 2.30. The lowest BCUT2D eigenvalue weighted by Gasteiger charge is -2.22. The van der Waals surface area contributed by atoms with Crippen molar-refractivity contribution in [3.63, 3.8) is 0 Å². The summed E-state index contributed by atoms with van der Waals surface area (Å²) in [6.45, 7) is 1.87. The van der Waals surface area contributed by atoms with Gasteiger partial charge in [-0.1, -0.05) is 12.1 Å². The Labute approximate surface area is 106 Å². The van der Waals surface area contributed by atoms with E-state index >= 15 is 0 Å². The first-order chi connectivity index (χ1) is 8.56. The van der Waals surface area contributed by atoms with E-state index in [1.165, 1.54) is 19.1 Å². The van der Waals surface area contributed by atoms with Crippen LogP contribution in [0.2, 0.25) is 0 Å². The van der Waals surface area contributed by atoms with Crippen molar-refractivity contribution in [1.29, 1.82) is 0 Å². The highest BCUT2D eigenvalue weighted by Crippen LogP contribution is 2.29. The van der Waals surface area contributed by atoms with Crippen molar-refractivity contribution < 1.29 is 14.0 Å². The zero-order valence-electron chi connectivity index (χ0n) is 10.4. The molecule has 3 nitrogen and oxygen atoms in total. The Hall–Kier alpha value is -1.71. The zero-order chi connectivity index (χ0) is 13.1. The number of carbonyl (C=O) groups is 2. The highest BCUT2D eigenvalue weighted by atomic mass is 19.1. The SMILES string of the molecule is CC(=O)CC(=O)N(Cc1ccc(F)cc1)C1CC1. The number of carbonyl (C=O) groups excluding carboxylic acids is 2. The van der Waals surface area contributed by atoms with E-state index in [2.05, 4.69) is 0 Å². The van der Waals surface area contributed by atoms with Crippen LogP contribution >= 0.6 is 0 Å². The molecule has 1 aromatic rings. The van der Waals surface area contributed by atoms with Crippen LogP contribution in [0.25, 0.3) is 0 Å². The molecule has 2 rings (SSSR count). The van der Waals surface area contributed by atoms with Crippen LogP contribution < -0.4 is 0 Å². The molecule has 1 saturated carbocycles. The second kappa shape index (κ2) is 5.29. The highest BCUT2D eigenvalue weighted by molar-refractivity contribution is 5.97. The summed E-state index contributed by atoms with van der Waals surface area (Å²) in [5, 5.41) is 0. The number of benzene rings is 1. The predicted molar refractivity (Wildman–Crippen MR) is 65.3 cm³/mol. The van der Waals surface area contributed by atoms with Crippen molar-refractivity contribution >= 4 is 11.7 Å². The van der Waals surface area contributed by atoms with Crippen molar-refractivity contribution in [1.82, 2.24) is 4.90 Å². The average molecular weight is 249 g/mol. The molecule has 0 heterocycles. The number of rotatable bonds is 5. The summed E-state index contributed by atoms with van der Waals surface area (Å²) < 4.78 is 12.8. The Morgan fingerprint density at radius 1 is 1.28 bits per heavy atom. The lowest BCUT2D eigenvalue weighted by molar-refractivity contribution is -0.135. The smallest absolute Gasteiger partial charge is 0.230 e. The van der Waals surface area contributed by atoms with E-state index in [1.54, 1.807) is 17.0 Å². The Kier molecular flexibility index (Phi) is 3.75. The van der Waals surface area contributed by atoms with Crippen LogP contribution in [0, 0.1) is 5.82 Å². The molecule has 0 aliphatic heterocycles. The van der Waals surface area contributed by atoms with E-state index in [9.17, 15) is 14.0 Å². The molecule has 1 amide bonds. The van der Waals surface area contributed by atoms with Gasteiger partial charge in [0, 0.05) is 12.6 Å². The number of hydrogen-bond acceptors (Lipinski definition) is 2. The van der Waals surface area contributed by atoms with Gasteiger partial charge in [-0.2, -0.15) is 0 Å². The van der Waals surface area contributed by atoms with Crippen molar-refractivity contribution in [2.45, 2.75) is 38.8 Å². The Morgan fingerprint density at radius 3 is 2.39 bits per heavy atom. The minimum Gasteiger partial charge on any atom is -0.335 e. The number of hydrogen-bond donors (Lipinski definition) is 0. The van der Waals surface area contributed by atoms with Crippen LogP contribution in [0.3, 0.4) is 0 Å². The van der Waals surface area contributed by atoms with E-state index in [-0.39, 0.29) is 30.0 Å². The summed E-state index contributed by atoms with van der Waals surface area (Å²) in [5.41, 5.74) is 0.889. The normalized spacial score (nSPS) is 14.3. The van der Waals surface area contributed by atoms with Gasteiger partial charge in [0.15, 0.2) is 0 Å². The topological polar surface area (TPSA) is 37.4 Å². The molecule has 0 radical (unpaired) electrons. The van der Waals surface area contributed by atoms with Crippen molar-refractivity contribution in [3.05, 3.63) is 35.6 Å². The zero-order valence-corrected chi connectivity index (χ0v) is 10.4. The molecule has 1 aromatic carbocycles. The van der Waals surface area contributed by atoms with Crippen LogP contribution in [-0.2, 0) is 16.1 Å². The van der Waals surface area contributed by atoms with E-state index < -0.39 is 0 Å². The molecule has 4 heteroatoms. The quantitative estimate of drug-likeness (QED) is 0.751. The minimum atomic E-state index is -0.285. The standard InChI is InChI=1S/C14H16FNO2/c1-10(17)8-14(18)16(13-6-7-13)9-11-2-4-12(15)5-3-11/h2-5,13H,6-9H2,1H3. The number of ketones is 1. The molecule has 96 valence electrons. The van der Waals surface area contributed by atoms with Crippen molar-refractivity contribution in [2.75, 3.05) is 0 Å². The van der Waals surface area contributed by atoms with Gasteiger partial charge in [0.25, 0.3) is 0 Å². The van der Waals surface area contributed by atoms with Gasteiger partial charge in [-0.15, -0.1) is 0 Å². The summed E-state index contributed by atoms with van der Waals surface area (Å²) in [5.74, 6) is -0.536. The summed E-state index contributed by atoms with van der Waals surface area (Å²) in [6.07, 6.45) is 1.94. The van der Waals surface area contributed by atoms with Crippen molar-refractivity contribution in [3.8, 4) is 0 Å². The van der Waals surface area contributed by atoms with Crippen LogP contribution in [0.15, 0.2) is 24.3 Å². The number of Topliss-reactive ketones (excluding diaryl/α,β-unsaturated/α-hetero) is 1. The molecule has 18 heavy (non-hydrogen) atoms. The summed E-state index contributed by atoms with van der Waals surface area (Å²) in [4.78, 5) is 24.7.